The van der Waals surface area contributed by atoms with Crippen molar-refractivity contribution in [2.24, 2.45) is 0 Å². The number of benzene rings is 4. The number of nitrogens with one attached hydrogen (secondary N) is 2. The topological polar surface area (TPSA) is 108 Å². The van der Waals surface area contributed by atoms with E-state index in [0.717, 1.165) is 22.4 Å². The summed E-state index contributed by atoms with van der Waals surface area (Å²) >= 11 is 12.3. The quantitative estimate of drug-likeness (QED) is 0.177. The Labute approximate surface area is 244 Å². The van der Waals surface area contributed by atoms with Crippen LogP contribution in [0.4, 0.5) is 0 Å². The summed E-state index contributed by atoms with van der Waals surface area (Å²) in [4.78, 5) is 35.8. The van der Waals surface area contributed by atoms with Crippen LogP contribution in [-0.4, -0.2) is 26.0 Å². The van der Waals surface area contributed by atoms with Crippen LogP contribution in [0.1, 0.15) is 33.1 Å². The van der Waals surface area contributed by atoms with Gasteiger partial charge in [0.05, 0.1) is 11.4 Å². The van der Waals surface area contributed by atoms with Crippen molar-refractivity contribution in [1.29, 1.82) is 0 Å². The maximum atomic E-state index is 12.8. The number of carbonyl (C=O) groups is 1. The van der Waals surface area contributed by atoms with Crippen LogP contribution in [0.3, 0.4) is 0 Å². The molecule has 0 saturated heterocycles. The number of halogens is 2. The average molecular weight is 582 g/mol. The van der Waals surface area contributed by atoms with Crippen molar-refractivity contribution in [2.75, 3.05) is 0 Å². The van der Waals surface area contributed by atoms with Gasteiger partial charge in [0.2, 0.25) is 0 Å². The van der Waals surface area contributed by atoms with E-state index in [-0.39, 0.29) is 11.7 Å². The summed E-state index contributed by atoms with van der Waals surface area (Å²) < 4.78 is 6.05. The molecule has 9 heteroatoms. The maximum Gasteiger partial charge on any atom is 0.345 e. The van der Waals surface area contributed by atoms with Crippen LogP contribution >= 0.6 is 23.2 Å². The summed E-state index contributed by atoms with van der Waals surface area (Å²) in [5, 5.41) is 11.4. The molecule has 4 aromatic carbocycles. The van der Waals surface area contributed by atoms with Crippen LogP contribution in [0.2, 0.25) is 10.0 Å². The molecule has 0 fully saturated rings. The van der Waals surface area contributed by atoms with Gasteiger partial charge < -0.3 is 19.8 Å². The Morgan fingerprint density at radius 1 is 0.829 bits per heavy atom. The van der Waals surface area contributed by atoms with Gasteiger partial charge in [-0.3, -0.25) is 4.79 Å². The standard InChI is InChI=1S/C32H21Cl2N3O4/c33-21-12-9-18(10-13-21)27(26-17-35-30(36-26)19-5-2-1-3-6-19)20-11-14-25-24(15-20)29(28(32(39)40)31(38)37-25)41-23-8-4-7-22(34)16-23/h1-17,27H,(H,35,36)(H,37,38)(H,39,40). The number of ether oxygens (including phenoxy) is 1. The van der Waals surface area contributed by atoms with E-state index in [4.69, 9.17) is 27.9 Å². The Hall–Kier alpha value is -4.85. The van der Waals surface area contributed by atoms with E-state index in [9.17, 15) is 14.7 Å². The van der Waals surface area contributed by atoms with Crippen LogP contribution < -0.4 is 10.3 Å². The number of aromatic amines is 2. The van der Waals surface area contributed by atoms with Crippen molar-refractivity contribution < 1.29 is 14.6 Å². The third kappa shape index (κ3) is 5.33. The average Bonchev–Trinajstić information content (AvgIpc) is 3.44. The molecular weight excluding hydrogens is 561 g/mol. The number of aromatic nitrogens is 3. The number of pyridine rings is 1. The van der Waals surface area contributed by atoms with Gasteiger partial charge in [-0.1, -0.05) is 77.8 Å². The van der Waals surface area contributed by atoms with Crippen LogP contribution in [0.25, 0.3) is 22.3 Å². The first kappa shape index (κ1) is 26.4. The number of aromatic carboxylic acids is 1. The number of imidazole rings is 1. The van der Waals surface area contributed by atoms with Gasteiger partial charge in [0.1, 0.15) is 11.6 Å². The molecule has 0 aliphatic rings. The van der Waals surface area contributed by atoms with Crippen molar-refractivity contribution >= 4 is 40.1 Å². The predicted molar refractivity (Wildman–Crippen MR) is 159 cm³/mol. The van der Waals surface area contributed by atoms with Gasteiger partial charge in [-0.15, -0.1) is 0 Å². The minimum atomic E-state index is -1.41. The Morgan fingerprint density at radius 3 is 2.32 bits per heavy atom. The molecule has 2 heterocycles. The molecule has 0 radical (unpaired) electrons. The van der Waals surface area contributed by atoms with Crippen molar-refractivity contribution in [3.05, 3.63) is 146 Å². The molecule has 0 aliphatic heterocycles. The molecule has 2 aromatic heterocycles. The second-order valence-electron chi connectivity index (χ2n) is 9.37. The van der Waals surface area contributed by atoms with Crippen molar-refractivity contribution in [3.8, 4) is 22.9 Å². The van der Waals surface area contributed by atoms with Crippen LogP contribution in [0, 0.1) is 0 Å². The summed E-state index contributed by atoms with van der Waals surface area (Å²) in [6, 6.07) is 29.2. The lowest BCUT2D eigenvalue weighted by atomic mass is 9.88. The van der Waals surface area contributed by atoms with E-state index in [0.29, 0.717) is 32.5 Å². The fourth-order valence-electron chi connectivity index (χ4n) is 4.84. The monoisotopic (exact) mass is 581 g/mol. The highest BCUT2D eigenvalue weighted by Gasteiger charge is 2.25. The van der Waals surface area contributed by atoms with Gasteiger partial charge in [0.25, 0.3) is 5.56 Å². The number of carboxylic acids is 1. The number of carboxylic acid groups (broad SMARTS) is 1. The lowest BCUT2D eigenvalue weighted by Crippen LogP contribution is -2.19. The van der Waals surface area contributed by atoms with Gasteiger partial charge in [-0.2, -0.15) is 0 Å². The highest BCUT2D eigenvalue weighted by Crippen LogP contribution is 2.38. The van der Waals surface area contributed by atoms with Crippen LogP contribution in [0.15, 0.2) is 108 Å². The third-order valence-electron chi connectivity index (χ3n) is 6.71. The maximum absolute atomic E-state index is 12.8. The van der Waals surface area contributed by atoms with Gasteiger partial charge in [0.15, 0.2) is 11.3 Å². The molecule has 1 atom stereocenters. The zero-order valence-electron chi connectivity index (χ0n) is 21.3. The van der Waals surface area contributed by atoms with Gasteiger partial charge >= 0.3 is 5.97 Å². The van der Waals surface area contributed by atoms with Crippen molar-refractivity contribution in [1.82, 2.24) is 15.0 Å². The fourth-order valence-corrected chi connectivity index (χ4v) is 5.15. The van der Waals surface area contributed by atoms with E-state index in [1.807, 2.05) is 66.7 Å². The minimum Gasteiger partial charge on any atom is -0.477 e. The molecule has 0 amide bonds. The molecule has 3 N–H and O–H groups in total. The number of rotatable bonds is 7. The zero-order chi connectivity index (χ0) is 28.5. The molecule has 0 aliphatic carbocycles. The molecule has 41 heavy (non-hydrogen) atoms. The first-order valence-electron chi connectivity index (χ1n) is 12.6. The number of nitrogens with zero attached hydrogens (tertiary/aromatic N) is 1. The summed E-state index contributed by atoms with van der Waals surface area (Å²) in [5.41, 5.74) is 2.62. The lowest BCUT2D eigenvalue weighted by Gasteiger charge is -2.19. The number of H-pyrrole nitrogens is 2. The predicted octanol–water partition coefficient (Wildman–Crippen LogP) is 7.90. The molecule has 0 spiro atoms. The van der Waals surface area contributed by atoms with Crippen molar-refractivity contribution in [3.63, 3.8) is 0 Å². The first-order chi connectivity index (χ1) is 19.9. The van der Waals surface area contributed by atoms with Crippen LogP contribution in [0.5, 0.6) is 11.5 Å². The van der Waals surface area contributed by atoms with E-state index in [1.54, 1.807) is 36.5 Å². The molecule has 6 aromatic rings. The highest BCUT2D eigenvalue weighted by atomic mass is 35.5. The van der Waals surface area contributed by atoms with Crippen molar-refractivity contribution in [2.45, 2.75) is 5.92 Å². The Kier molecular flexibility index (Phi) is 7.05. The zero-order valence-corrected chi connectivity index (χ0v) is 22.8. The third-order valence-corrected chi connectivity index (χ3v) is 7.20. The number of hydrogen-bond acceptors (Lipinski definition) is 4. The highest BCUT2D eigenvalue weighted by molar-refractivity contribution is 6.30. The molecule has 1 unspecified atom stereocenters. The second-order valence-corrected chi connectivity index (χ2v) is 10.2. The molecule has 7 nitrogen and oxygen atoms in total. The minimum absolute atomic E-state index is 0.0789. The Morgan fingerprint density at radius 2 is 1.59 bits per heavy atom. The Bertz CT molecular complexity index is 1950. The van der Waals surface area contributed by atoms with E-state index in [2.05, 4.69) is 15.0 Å². The van der Waals surface area contributed by atoms with E-state index in [1.165, 1.54) is 0 Å². The van der Waals surface area contributed by atoms with E-state index >= 15 is 0 Å². The summed E-state index contributed by atoms with van der Waals surface area (Å²) in [6.45, 7) is 0. The normalized spacial score (nSPS) is 11.9. The Balaban J connectivity index is 1.55. The summed E-state index contributed by atoms with van der Waals surface area (Å²) in [6.07, 6.45) is 1.78. The second kappa shape index (κ2) is 11.0. The SMILES string of the molecule is O=C(O)c1c(Oc2cccc(Cl)c2)c2cc(C(c3ccc(Cl)cc3)c3cnc(-c4ccccc4)[nH]3)ccc2[nH]c1=O. The largest absolute Gasteiger partial charge is 0.477 e. The van der Waals surface area contributed by atoms with Gasteiger partial charge in [0, 0.05) is 32.9 Å². The molecule has 0 bridgehead atoms. The summed E-state index contributed by atoms with van der Waals surface area (Å²) in [7, 11) is 0. The van der Waals surface area contributed by atoms with Gasteiger partial charge in [-0.05, 0) is 53.6 Å². The lowest BCUT2D eigenvalue weighted by molar-refractivity contribution is 0.0692. The molecular formula is C32H21Cl2N3O4. The van der Waals surface area contributed by atoms with Crippen LogP contribution in [-0.2, 0) is 0 Å². The molecule has 202 valence electrons. The number of hydrogen-bond donors (Lipinski definition) is 3. The summed E-state index contributed by atoms with van der Waals surface area (Å²) in [5.74, 6) is -0.813. The first-order valence-corrected chi connectivity index (χ1v) is 13.4. The number of fused-ring (bicyclic) bond motifs is 1. The molecule has 6 rings (SSSR count). The van der Waals surface area contributed by atoms with E-state index < -0.39 is 17.1 Å². The molecule has 0 saturated carbocycles. The smallest absolute Gasteiger partial charge is 0.345 e. The fraction of sp³-hybridized carbons (Fsp3) is 0.0312. The van der Waals surface area contributed by atoms with Gasteiger partial charge in [-0.25, -0.2) is 9.78 Å².